The van der Waals surface area contributed by atoms with E-state index in [0.29, 0.717) is 22.7 Å². The molecule has 7 nitrogen and oxygen atoms in total. The minimum atomic E-state index is -0.913. The first-order chi connectivity index (χ1) is 13.4. The quantitative estimate of drug-likeness (QED) is 0.338. The van der Waals surface area contributed by atoms with E-state index in [2.05, 4.69) is 21.8 Å². The van der Waals surface area contributed by atoms with Crippen LogP contribution in [0.2, 0.25) is 5.02 Å². The molecule has 2 aromatic rings. The fourth-order valence-electron chi connectivity index (χ4n) is 2.11. The van der Waals surface area contributed by atoms with Crippen molar-refractivity contribution in [3.8, 4) is 23.8 Å². The van der Waals surface area contributed by atoms with Crippen molar-refractivity contribution in [3.63, 3.8) is 0 Å². The van der Waals surface area contributed by atoms with Crippen LogP contribution in [0.1, 0.15) is 11.1 Å². The van der Waals surface area contributed by atoms with Crippen LogP contribution < -0.4 is 20.2 Å². The first-order valence-electron chi connectivity index (χ1n) is 8.09. The smallest absolute Gasteiger partial charge is 0.329 e. The number of anilines is 1. The van der Waals surface area contributed by atoms with Gasteiger partial charge >= 0.3 is 11.8 Å². The third-order valence-corrected chi connectivity index (χ3v) is 3.73. The Kier molecular flexibility index (Phi) is 7.43. The zero-order valence-electron chi connectivity index (χ0n) is 15.3. The number of hydrazone groups is 1. The zero-order valence-corrected chi connectivity index (χ0v) is 16.0. The number of hydrogen-bond acceptors (Lipinski definition) is 5. The van der Waals surface area contributed by atoms with Crippen LogP contribution in [0.5, 0.6) is 11.5 Å². The Labute approximate surface area is 167 Å². The number of nitrogens with one attached hydrogen (secondary N) is 2. The lowest BCUT2D eigenvalue weighted by molar-refractivity contribution is -0.136. The summed E-state index contributed by atoms with van der Waals surface area (Å²) in [4.78, 5) is 23.7. The highest BCUT2D eigenvalue weighted by Crippen LogP contribution is 2.35. The van der Waals surface area contributed by atoms with Gasteiger partial charge in [0.1, 0.15) is 6.61 Å². The summed E-state index contributed by atoms with van der Waals surface area (Å²) in [6.45, 7) is 1.96. The maximum Gasteiger partial charge on any atom is 0.329 e. The summed E-state index contributed by atoms with van der Waals surface area (Å²) < 4.78 is 10.6. The van der Waals surface area contributed by atoms with Gasteiger partial charge in [-0.1, -0.05) is 35.2 Å². The molecule has 0 unspecified atom stereocenters. The van der Waals surface area contributed by atoms with Gasteiger partial charge in [-0.15, -0.1) is 6.42 Å². The number of hydrogen-bond donors (Lipinski definition) is 2. The van der Waals surface area contributed by atoms with Crippen molar-refractivity contribution >= 4 is 35.3 Å². The van der Waals surface area contributed by atoms with E-state index >= 15 is 0 Å². The molecule has 2 amide bonds. The van der Waals surface area contributed by atoms with E-state index in [1.54, 1.807) is 24.3 Å². The van der Waals surface area contributed by atoms with E-state index in [1.165, 1.54) is 13.3 Å². The number of ether oxygens (including phenoxy) is 2. The Bertz CT molecular complexity index is 934. The van der Waals surface area contributed by atoms with Gasteiger partial charge in [-0.05, 0) is 36.8 Å². The number of carbonyl (C=O) groups excluding carboxylic acids is 2. The minimum absolute atomic E-state index is 0.0374. The average Bonchev–Trinajstić information content (AvgIpc) is 2.68. The van der Waals surface area contributed by atoms with Gasteiger partial charge in [0.2, 0.25) is 0 Å². The highest BCUT2D eigenvalue weighted by Gasteiger charge is 2.13. The molecule has 0 radical (unpaired) electrons. The second kappa shape index (κ2) is 10.00. The molecule has 2 rings (SSSR count). The van der Waals surface area contributed by atoms with Gasteiger partial charge in [0.05, 0.1) is 18.3 Å². The number of halogens is 1. The first kappa shape index (κ1) is 20.8. The van der Waals surface area contributed by atoms with Crippen LogP contribution in [0.4, 0.5) is 5.69 Å². The first-order valence-corrected chi connectivity index (χ1v) is 8.47. The van der Waals surface area contributed by atoms with Crippen LogP contribution in [0.3, 0.4) is 0 Å². The van der Waals surface area contributed by atoms with Crippen molar-refractivity contribution in [1.29, 1.82) is 0 Å². The largest absolute Gasteiger partial charge is 0.493 e. The highest BCUT2D eigenvalue weighted by atomic mass is 35.5. The number of methoxy groups -OCH3 is 1. The molecule has 2 N–H and O–H groups in total. The standard InChI is InChI=1S/C20H18ClN3O4/c1-4-9-28-18-16(21)10-14(11-17(18)27-3)12-22-24-20(26)19(25)23-15-7-5-13(2)6-8-15/h1,5-8,10-12H,9H2,2-3H3,(H,23,25)(H,24,26)/b22-12-. The van der Waals surface area contributed by atoms with Crippen molar-refractivity contribution in [2.75, 3.05) is 19.0 Å². The molecule has 144 valence electrons. The Morgan fingerprint density at radius 3 is 2.61 bits per heavy atom. The van der Waals surface area contributed by atoms with Gasteiger partial charge in [0.15, 0.2) is 11.5 Å². The Hall–Kier alpha value is -3.50. The van der Waals surface area contributed by atoms with E-state index in [4.69, 9.17) is 27.5 Å². The van der Waals surface area contributed by atoms with Crippen LogP contribution >= 0.6 is 11.6 Å². The number of carbonyl (C=O) groups is 2. The number of amides is 2. The topological polar surface area (TPSA) is 89.0 Å². The van der Waals surface area contributed by atoms with E-state index in [-0.39, 0.29) is 11.6 Å². The lowest BCUT2D eigenvalue weighted by Gasteiger charge is -2.11. The summed E-state index contributed by atoms with van der Waals surface area (Å²) in [5.41, 5.74) is 4.21. The maximum absolute atomic E-state index is 11.9. The molecule has 0 aliphatic rings. The van der Waals surface area contributed by atoms with Crippen molar-refractivity contribution in [1.82, 2.24) is 5.43 Å². The van der Waals surface area contributed by atoms with E-state index in [0.717, 1.165) is 5.56 Å². The molecule has 0 spiro atoms. The van der Waals surface area contributed by atoms with Gasteiger partial charge in [-0.2, -0.15) is 5.10 Å². The van der Waals surface area contributed by atoms with E-state index in [1.807, 2.05) is 19.1 Å². The van der Waals surface area contributed by atoms with Crippen LogP contribution in [0.15, 0.2) is 41.5 Å². The normalized spacial score (nSPS) is 10.2. The number of benzene rings is 2. The SMILES string of the molecule is C#CCOc1c(Cl)cc(/C=N\NC(=O)C(=O)Nc2ccc(C)cc2)cc1OC. The van der Waals surface area contributed by atoms with Crippen molar-refractivity contribution in [3.05, 3.63) is 52.5 Å². The molecule has 0 aliphatic carbocycles. The molecule has 0 saturated heterocycles. The van der Waals surface area contributed by atoms with Crippen LogP contribution in [-0.2, 0) is 9.59 Å². The van der Waals surface area contributed by atoms with E-state index < -0.39 is 11.8 Å². The Morgan fingerprint density at radius 2 is 1.96 bits per heavy atom. The molecule has 0 aliphatic heterocycles. The molecule has 8 heteroatoms. The summed E-state index contributed by atoms with van der Waals surface area (Å²) in [6, 6.07) is 10.2. The zero-order chi connectivity index (χ0) is 20.5. The summed E-state index contributed by atoms with van der Waals surface area (Å²) in [6.07, 6.45) is 6.48. The molecule has 0 fully saturated rings. The van der Waals surface area contributed by atoms with Crippen molar-refractivity contribution in [2.24, 2.45) is 5.10 Å². The number of nitrogens with zero attached hydrogens (tertiary/aromatic N) is 1. The fourth-order valence-corrected chi connectivity index (χ4v) is 2.38. The summed E-state index contributed by atoms with van der Waals surface area (Å²) in [5, 5.41) is 6.49. The monoisotopic (exact) mass is 399 g/mol. The minimum Gasteiger partial charge on any atom is -0.493 e. The molecule has 28 heavy (non-hydrogen) atoms. The van der Waals surface area contributed by atoms with Crippen LogP contribution in [0, 0.1) is 19.3 Å². The maximum atomic E-state index is 11.9. The van der Waals surface area contributed by atoms with Gasteiger partial charge in [-0.3, -0.25) is 9.59 Å². The van der Waals surface area contributed by atoms with Gasteiger partial charge < -0.3 is 14.8 Å². The summed E-state index contributed by atoms with van der Waals surface area (Å²) >= 11 is 6.16. The molecule has 0 atom stereocenters. The highest BCUT2D eigenvalue weighted by molar-refractivity contribution is 6.39. The lowest BCUT2D eigenvalue weighted by Crippen LogP contribution is -2.32. The number of rotatable bonds is 6. The Morgan fingerprint density at radius 1 is 1.25 bits per heavy atom. The summed E-state index contributed by atoms with van der Waals surface area (Å²) in [7, 11) is 1.45. The molecular weight excluding hydrogens is 382 g/mol. The van der Waals surface area contributed by atoms with Crippen molar-refractivity contribution < 1.29 is 19.1 Å². The molecular formula is C20H18ClN3O4. The predicted octanol–water partition coefficient (Wildman–Crippen LogP) is 2.76. The second-order valence-electron chi connectivity index (χ2n) is 5.55. The number of aryl methyl sites for hydroxylation is 1. The third-order valence-electron chi connectivity index (χ3n) is 3.45. The van der Waals surface area contributed by atoms with Crippen LogP contribution in [0.25, 0.3) is 0 Å². The number of terminal acetylenes is 1. The molecule has 0 aromatic heterocycles. The molecule has 0 heterocycles. The molecule has 0 saturated carbocycles. The second-order valence-corrected chi connectivity index (χ2v) is 5.95. The Balaban J connectivity index is 2.00. The van der Waals surface area contributed by atoms with Crippen molar-refractivity contribution in [2.45, 2.75) is 6.92 Å². The van der Waals surface area contributed by atoms with Gasteiger partial charge in [0.25, 0.3) is 0 Å². The molecule has 2 aromatic carbocycles. The average molecular weight is 400 g/mol. The lowest BCUT2D eigenvalue weighted by atomic mass is 10.2. The van der Waals surface area contributed by atoms with E-state index in [9.17, 15) is 9.59 Å². The fraction of sp³-hybridized carbons (Fsp3) is 0.150. The summed E-state index contributed by atoms with van der Waals surface area (Å²) in [5.74, 6) is 1.25. The van der Waals surface area contributed by atoms with Gasteiger partial charge in [-0.25, -0.2) is 5.43 Å². The predicted molar refractivity (Wildman–Crippen MR) is 108 cm³/mol. The van der Waals surface area contributed by atoms with Crippen LogP contribution in [-0.4, -0.2) is 31.7 Å². The molecule has 0 bridgehead atoms. The third kappa shape index (κ3) is 5.76. The van der Waals surface area contributed by atoms with Gasteiger partial charge in [0, 0.05) is 5.69 Å².